The molecule has 0 aliphatic heterocycles. The van der Waals surface area contributed by atoms with Crippen LogP contribution in [0, 0.1) is 0 Å². The summed E-state index contributed by atoms with van der Waals surface area (Å²) in [4.78, 5) is 0. The van der Waals surface area contributed by atoms with E-state index in [4.69, 9.17) is 0 Å². The molecular formula is C18H16O3. The molecule has 3 atom stereocenters. The molecule has 3 aromatic carbocycles. The van der Waals surface area contributed by atoms with Gasteiger partial charge in [0.2, 0.25) is 0 Å². The fraction of sp³-hybridized carbons (Fsp3) is 0.222. The lowest BCUT2D eigenvalue weighted by atomic mass is 9.82. The molecule has 3 N–H and O–H groups in total. The van der Waals surface area contributed by atoms with Gasteiger partial charge in [0.25, 0.3) is 0 Å². The topological polar surface area (TPSA) is 60.7 Å². The van der Waals surface area contributed by atoms with Crippen molar-refractivity contribution >= 4 is 21.5 Å². The quantitative estimate of drug-likeness (QED) is 0.554. The Morgan fingerprint density at radius 2 is 1.52 bits per heavy atom. The molecule has 0 saturated heterocycles. The van der Waals surface area contributed by atoms with Gasteiger partial charge in [-0.25, -0.2) is 0 Å². The Hall–Kier alpha value is -1.94. The van der Waals surface area contributed by atoms with E-state index in [0.717, 1.165) is 27.3 Å². The molecular weight excluding hydrogens is 264 g/mol. The highest BCUT2D eigenvalue weighted by Crippen LogP contribution is 2.36. The molecule has 4 rings (SSSR count). The molecule has 0 aromatic heterocycles. The summed E-state index contributed by atoms with van der Waals surface area (Å²) in [5.74, 6) is 0. The summed E-state index contributed by atoms with van der Waals surface area (Å²) in [5, 5.41) is 34.4. The van der Waals surface area contributed by atoms with Gasteiger partial charge in [-0.2, -0.15) is 0 Å². The first-order valence-corrected chi connectivity index (χ1v) is 7.13. The van der Waals surface area contributed by atoms with Crippen LogP contribution >= 0.6 is 0 Å². The standard InChI is InChI=1S/C18H16O3/c19-16-9-15-13(17(20)18(16)21)6-5-12-7-10-3-1-2-4-11(10)8-14(12)15/h1-8,16-21H,9H2/t16-,17-,18+/m1/s1. The molecule has 0 fully saturated rings. The molecule has 0 bridgehead atoms. The summed E-state index contributed by atoms with van der Waals surface area (Å²) in [6, 6.07) is 16.2. The van der Waals surface area contributed by atoms with Crippen LogP contribution in [0.25, 0.3) is 21.5 Å². The van der Waals surface area contributed by atoms with E-state index in [1.807, 2.05) is 24.3 Å². The summed E-state index contributed by atoms with van der Waals surface area (Å²) < 4.78 is 0. The van der Waals surface area contributed by atoms with Gasteiger partial charge in [-0.3, -0.25) is 0 Å². The average Bonchev–Trinajstić information content (AvgIpc) is 2.51. The molecule has 3 heteroatoms. The second-order valence-corrected chi connectivity index (χ2v) is 5.76. The number of benzene rings is 3. The number of rotatable bonds is 0. The second kappa shape index (κ2) is 4.53. The van der Waals surface area contributed by atoms with Gasteiger partial charge in [0.15, 0.2) is 0 Å². The SMILES string of the molecule is O[C@H]1[C@H](O)Cc2c(ccc3cc4ccccc4cc23)[C@H]1O. The van der Waals surface area contributed by atoms with Crippen LogP contribution in [-0.4, -0.2) is 27.5 Å². The monoisotopic (exact) mass is 280 g/mol. The Labute approximate surface area is 122 Å². The maximum absolute atomic E-state index is 10.2. The first-order chi connectivity index (χ1) is 10.1. The van der Waals surface area contributed by atoms with Crippen molar-refractivity contribution in [1.29, 1.82) is 0 Å². The number of hydrogen-bond donors (Lipinski definition) is 3. The number of aliphatic hydroxyl groups excluding tert-OH is 3. The van der Waals surface area contributed by atoms with Gasteiger partial charge in [0.1, 0.15) is 12.2 Å². The molecule has 0 heterocycles. The van der Waals surface area contributed by atoms with Crippen LogP contribution in [0.15, 0.2) is 48.5 Å². The van der Waals surface area contributed by atoms with Gasteiger partial charge in [0.05, 0.1) is 6.10 Å². The van der Waals surface area contributed by atoms with Crippen LogP contribution < -0.4 is 0 Å². The van der Waals surface area contributed by atoms with Crippen molar-refractivity contribution < 1.29 is 15.3 Å². The molecule has 21 heavy (non-hydrogen) atoms. The average molecular weight is 280 g/mol. The lowest BCUT2D eigenvalue weighted by Crippen LogP contribution is -2.38. The normalized spacial score (nSPS) is 25.2. The van der Waals surface area contributed by atoms with E-state index in [-0.39, 0.29) is 0 Å². The Morgan fingerprint density at radius 1 is 0.810 bits per heavy atom. The summed E-state index contributed by atoms with van der Waals surface area (Å²) in [6.45, 7) is 0. The highest BCUT2D eigenvalue weighted by Gasteiger charge is 2.34. The first kappa shape index (κ1) is 12.8. The minimum Gasteiger partial charge on any atom is -0.390 e. The molecule has 0 amide bonds. The van der Waals surface area contributed by atoms with Crippen molar-refractivity contribution in [2.75, 3.05) is 0 Å². The number of hydrogen-bond acceptors (Lipinski definition) is 3. The van der Waals surface area contributed by atoms with Crippen molar-refractivity contribution in [3.63, 3.8) is 0 Å². The van der Waals surface area contributed by atoms with Gasteiger partial charge >= 0.3 is 0 Å². The van der Waals surface area contributed by atoms with Gasteiger partial charge in [0, 0.05) is 6.42 Å². The van der Waals surface area contributed by atoms with E-state index in [1.54, 1.807) is 0 Å². The van der Waals surface area contributed by atoms with E-state index in [0.29, 0.717) is 6.42 Å². The lowest BCUT2D eigenvalue weighted by Gasteiger charge is -2.31. The largest absolute Gasteiger partial charge is 0.390 e. The summed E-state index contributed by atoms with van der Waals surface area (Å²) in [6.07, 6.45) is -2.71. The van der Waals surface area contributed by atoms with E-state index < -0.39 is 18.3 Å². The van der Waals surface area contributed by atoms with Crippen LogP contribution in [0.3, 0.4) is 0 Å². The molecule has 3 nitrogen and oxygen atoms in total. The zero-order chi connectivity index (χ0) is 14.6. The van der Waals surface area contributed by atoms with Gasteiger partial charge < -0.3 is 15.3 Å². The van der Waals surface area contributed by atoms with Gasteiger partial charge in [-0.15, -0.1) is 0 Å². The molecule has 0 radical (unpaired) electrons. The predicted octanol–water partition coefficient (Wildman–Crippen LogP) is 2.30. The zero-order valence-electron chi connectivity index (χ0n) is 11.4. The minimum atomic E-state index is -1.12. The van der Waals surface area contributed by atoms with Crippen molar-refractivity contribution in [1.82, 2.24) is 0 Å². The fourth-order valence-corrected chi connectivity index (χ4v) is 3.32. The van der Waals surface area contributed by atoms with Crippen LogP contribution in [0.4, 0.5) is 0 Å². The fourth-order valence-electron chi connectivity index (χ4n) is 3.32. The van der Waals surface area contributed by atoms with E-state index >= 15 is 0 Å². The highest BCUT2D eigenvalue weighted by molar-refractivity contribution is 6.00. The molecule has 0 spiro atoms. The van der Waals surface area contributed by atoms with Crippen LogP contribution in [0.5, 0.6) is 0 Å². The van der Waals surface area contributed by atoms with Crippen molar-refractivity contribution in [3.05, 3.63) is 59.7 Å². The van der Waals surface area contributed by atoms with E-state index in [1.165, 1.54) is 5.39 Å². The molecule has 0 unspecified atom stereocenters. The first-order valence-electron chi connectivity index (χ1n) is 7.13. The van der Waals surface area contributed by atoms with Crippen molar-refractivity contribution in [3.8, 4) is 0 Å². The predicted molar refractivity (Wildman–Crippen MR) is 82.1 cm³/mol. The van der Waals surface area contributed by atoms with Gasteiger partial charge in [-0.1, -0.05) is 36.4 Å². The third kappa shape index (κ3) is 1.86. The van der Waals surface area contributed by atoms with Crippen LogP contribution in [0.2, 0.25) is 0 Å². The van der Waals surface area contributed by atoms with Crippen LogP contribution in [-0.2, 0) is 6.42 Å². The Bertz CT molecular complexity index is 840. The molecule has 3 aromatic rings. The third-order valence-corrected chi connectivity index (χ3v) is 4.48. The Morgan fingerprint density at radius 3 is 2.29 bits per heavy atom. The minimum absolute atomic E-state index is 0.364. The second-order valence-electron chi connectivity index (χ2n) is 5.76. The van der Waals surface area contributed by atoms with Crippen molar-refractivity contribution in [2.45, 2.75) is 24.7 Å². The van der Waals surface area contributed by atoms with Crippen molar-refractivity contribution in [2.24, 2.45) is 0 Å². The molecule has 0 saturated carbocycles. The zero-order valence-corrected chi connectivity index (χ0v) is 11.4. The number of aliphatic hydroxyl groups is 3. The molecule has 1 aliphatic rings. The Balaban J connectivity index is 2.04. The summed E-state index contributed by atoms with van der Waals surface area (Å²) in [5.41, 5.74) is 1.65. The van der Waals surface area contributed by atoms with E-state index in [2.05, 4.69) is 24.3 Å². The van der Waals surface area contributed by atoms with Gasteiger partial charge in [-0.05, 0) is 44.8 Å². The Kier molecular flexibility index (Phi) is 2.76. The summed E-state index contributed by atoms with van der Waals surface area (Å²) >= 11 is 0. The lowest BCUT2D eigenvalue weighted by molar-refractivity contribution is -0.0682. The smallest absolute Gasteiger partial charge is 0.110 e. The molecule has 1 aliphatic carbocycles. The van der Waals surface area contributed by atoms with Crippen LogP contribution in [0.1, 0.15) is 17.2 Å². The highest BCUT2D eigenvalue weighted by atomic mass is 16.4. The maximum Gasteiger partial charge on any atom is 0.110 e. The number of fused-ring (bicyclic) bond motifs is 4. The van der Waals surface area contributed by atoms with E-state index in [9.17, 15) is 15.3 Å². The molecule has 106 valence electrons. The third-order valence-electron chi connectivity index (χ3n) is 4.48. The summed E-state index contributed by atoms with van der Waals surface area (Å²) in [7, 11) is 0. The maximum atomic E-state index is 10.2.